The topological polar surface area (TPSA) is 35.2 Å². The summed E-state index contributed by atoms with van der Waals surface area (Å²) >= 11 is 11.1. The van der Waals surface area contributed by atoms with Crippen LogP contribution in [0.25, 0.3) is 0 Å². The summed E-state index contributed by atoms with van der Waals surface area (Å²) in [5, 5.41) is 0.498. The molecule has 0 heterocycles. The second-order valence-electron chi connectivity index (χ2n) is 4.76. The first-order valence-corrected chi connectivity index (χ1v) is 7.02. The van der Waals surface area contributed by atoms with Crippen molar-refractivity contribution in [3.05, 3.63) is 57.6 Å². The predicted octanol–water partition coefficient (Wildman–Crippen LogP) is 4.69. The molecule has 0 fully saturated rings. The summed E-state index contributed by atoms with van der Waals surface area (Å²) in [7, 11) is 0. The van der Waals surface area contributed by atoms with Crippen LogP contribution in [0.2, 0.25) is 5.02 Å². The van der Waals surface area contributed by atoms with Crippen molar-refractivity contribution in [2.75, 3.05) is 0 Å². The fraction of sp³-hybridized carbons (Fsp3) is 0.188. The van der Waals surface area contributed by atoms with Crippen molar-refractivity contribution in [3.63, 3.8) is 0 Å². The molecule has 2 nitrogen and oxygen atoms in total. The van der Waals surface area contributed by atoms with Crippen LogP contribution in [-0.2, 0) is 0 Å². The Labute approximate surface area is 129 Å². The third-order valence-electron chi connectivity index (χ3n) is 3.30. The second kappa shape index (κ2) is 5.81. The van der Waals surface area contributed by atoms with Crippen LogP contribution in [0.3, 0.4) is 0 Å². The number of thiocarbonyl (C=S) groups is 1. The molecule has 0 spiro atoms. The predicted molar refractivity (Wildman–Crippen MR) is 88.1 cm³/mol. The van der Waals surface area contributed by atoms with Gasteiger partial charge in [-0.1, -0.05) is 36.0 Å². The molecule has 0 aromatic heterocycles. The van der Waals surface area contributed by atoms with Gasteiger partial charge in [0, 0.05) is 11.6 Å². The molecule has 2 aromatic rings. The van der Waals surface area contributed by atoms with Gasteiger partial charge in [-0.05, 0) is 49.6 Å². The first-order valence-electron chi connectivity index (χ1n) is 6.24. The largest absolute Gasteiger partial charge is 0.457 e. The van der Waals surface area contributed by atoms with E-state index >= 15 is 0 Å². The third-order valence-corrected chi connectivity index (χ3v) is 3.83. The number of nitrogens with two attached hydrogens (primary N) is 1. The highest BCUT2D eigenvalue weighted by atomic mass is 35.5. The highest BCUT2D eigenvalue weighted by molar-refractivity contribution is 7.80. The third kappa shape index (κ3) is 2.94. The maximum absolute atomic E-state index is 6.15. The van der Waals surface area contributed by atoms with E-state index in [4.69, 9.17) is 34.3 Å². The van der Waals surface area contributed by atoms with Crippen molar-refractivity contribution in [1.82, 2.24) is 0 Å². The lowest BCUT2D eigenvalue weighted by molar-refractivity contribution is 0.474. The van der Waals surface area contributed by atoms with Crippen LogP contribution in [-0.4, -0.2) is 4.99 Å². The van der Waals surface area contributed by atoms with Crippen LogP contribution >= 0.6 is 23.8 Å². The van der Waals surface area contributed by atoms with Crippen LogP contribution in [0.15, 0.2) is 30.3 Å². The summed E-state index contributed by atoms with van der Waals surface area (Å²) in [5.74, 6) is 1.54. The van der Waals surface area contributed by atoms with Gasteiger partial charge in [0.25, 0.3) is 0 Å². The Morgan fingerprint density at radius 2 is 1.75 bits per heavy atom. The molecule has 0 bridgehead atoms. The molecule has 0 saturated carbocycles. The fourth-order valence-corrected chi connectivity index (χ4v) is 2.47. The molecule has 0 amide bonds. The van der Waals surface area contributed by atoms with Crippen LogP contribution in [0.5, 0.6) is 11.5 Å². The average molecular weight is 306 g/mol. The zero-order chi connectivity index (χ0) is 14.9. The molecule has 104 valence electrons. The summed E-state index contributed by atoms with van der Waals surface area (Å²) in [6.07, 6.45) is 0. The molecule has 0 aliphatic rings. The van der Waals surface area contributed by atoms with Gasteiger partial charge in [0.1, 0.15) is 16.5 Å². The minimum Gasteiger partial charge on any atom is -0.457 e. The van der Waals surface area contributed by atoms with Crippen molar-refractivity contribution in [2.24, 2.45) is 5.73 Å². The smallest absolute Gasteiger partial charge is 0.133 e. The Balaban J connectivity index is 2.39. The standard InChI is InChI=1S/C16H16ClNOS/c1-9-4-5-10(2)15(11(9)3)19-12-6-7-13(16(18)20)14(17)8-12/h4-8H,1-3H3,(H2,18,20). The van der Waals surface area contributed by atoms with Gasteiger partial charge < -0.3 is 10.5 Å². The summed E-state index contributed by atoms with van der Waals surface area (Å²) in [4.78, 5) is 0.282. The number of ether oxygens (including phenoxy) is 1. The molecule has 2 aromatic carbocycles. The highest BCUT2D eigenvalue weighted by Crippen LogP contribution is 2.32. The first-order chi connectivity index (χ1) is 9.40. The molecule has 0 aliphatic heterocycles. The van der Waals surface area contributed by atoms with E-state index in [1.54, 1.807) is 12.1 Å². The van der Waals surface area contributed by atoms with Crippen LogP contribution in [0, 0.1) is 20.8 Å². The molecule has 4 heteroatoms. The van der Waals surface area contributed by atoms with Gasteiger partial charge in [-0.2, -0.15) is 0 Å². The molecular weight excluding hydrogens is 290 g/mol. The van der Waals surface area contributed by atoms with E-state index in [9.17, 15) is 0 Å². The SMILES string of the molecule is Cc1ccc(C)c(Oc2ccc(C(N)=S)c(Cl)c2)c1C. The van der Waals surface area contributed by atoms with Crippen molar-refractivity contribution in [1.29, 1.82) is 0 Å². The minimum absolute atomic E-state index is 0.282. The van der Waals surface area contributed by atoms with Crippen molar-refractivity contribution < 1.29 is 4.74 Å². The molecule has 20 heavy (non-hydrogen) atoms. The Kier molecular flexibility index (Phi) is 4.31. The Bertz CT molecular complexity index is 682. The monoisotopic (exact) mass is 305 g/mol. The second-order valence-corrected chi connectivity index (χ2v) is 5.61. The molecule has 0 radical (unpaired) electrons. The lowest BCUT2D eigenvalue weighted by Gasteiger charge is -2.14. The normalized spacial score (nSPS) is 10.4. The van der Waals surface area contributed by atoms with Gasteiger partial charge >= 0.3 is 0 Å². The summed E-state index contributed by atoms with van der Waals surface area (Å²) in [6, 6.07) is 9.46. The van der Waals surface area contributed by atoms with Gasteiger partial charge in [-0.15, -0.1) is 0 Å². The first kappa shape index (κ1) is 14.8. The van der Waals surface area contributed by atoms with E-state index in [1.165, 1.54) is 5.56 Å². The van der Waals surface area contributed by atoms with Gasteiger partial charge in [0.15, 0.2) is 0 Å². The Hall–Kier alpha value is -1.58. The minimum atomic E-state index is 0.282. The van der Waals surface area contributed by atoms with Crippen molar-refractivity contribution in [2.45, 2.75) is 20.8 Å². The van der Waals surface area contributed by atoms with Crippen LogP contribution in [0.4, 0.5) is 0 Å². The highest BCUT2D eigenvalue weighted by Gasteiger charge is 2.10. The molecular formula is C16H16ClNOS. The molecule has 2 rings (SSSR count). The van der Waals surface area contributed by atoms with E-state index in [0.29, 0.717) is 16.3 Å². The lowest BCUT2D eigenvalue weighted by Crippen LogP contribution is -2.09. The fourth-order valence-electron chi connectivity index (χ4n) is 1.96. The van der Waals surface area contributed by atoms with E-state index in [0.717, 1.165) is 16.9 Å². The maximum atomic E-state index is 6.15. The quantitative estimate of drug-likeness (QED) is 0.835. The van der Waals surface area contributed by atoms with Crippen molar-refractivity contribution >= 4 is 28.8 Å². The van der Waals surface area contributed by atoms with Crippen LogP contribution in [0.1, 0.15) is 22.3 Å². The van der Waals surface area contributed by atoms with E-state index in [1.807, 2.05) is 26.0 Å². The number of aryl methyl sites for hydroxylation is 2. The average Bonchev–Trinajstić information content (AvgIpc) is 2.39. The molecule has 0 aliphatic carbocycles. The molecule has 0 saturated heterocycles. The molecule has 0 unspecified atom stereocenters. The van der Waals surface area contributed by atoms with Gasteiger partial charge in [0.2, 0.25) is 0 Å². The maximum Gasteiger partial charge on any atom is 0.133 e. The molecule has 2 N–H and O–H groups in total. The zero-order valence-electron chi connectivity index (χ0n) is 11.7. The van der Waals surface area contributed by atoms with Gasteiger partial charge in [-0.25, -0.2) is 0 Å². The molecule has 0 atom stereocenters. The zero-order valence-corrected chi connectivity index (χ0v) is 13.2. The van der Waals surface area contributed by atoms with Crippen molar-refractivity contribution in [3.8, 4) is 11.5 Å². The number of hydrogen-bond donors (Lipinski definition) is 1. The summed E-state index contributed by atoms with van der Waals surface area (Å²) < 4.78 is 5.97. The number of hydrogen-bond acceptors (Lipinski definition) is 2. The van der Waals surface area contributed by atoms with Gasteiger partial charge in [0.05, 0.1) is 5.02 Å². The summed E-state index contributed by atoms with van der Waals surface area (Å²) in [6.45, 7) is 6.12. The summed E-state index contributed by atoms with van der Waals surface area (Å²) in [5.41, 5.74) is 9.65. The number of halogens is 1. The van der Waals surface area contributed by atoms with E-state index in [2.05, 4.69) is 13.0 Å². The Morgan fingerprint density at radius 3 is 2.35 bits per heavy atom. The lowest BCUT2D eigenvalue weighted by atomic mass is 10.1. The van der Waals surface area contributed by atoms with E-state index in [-0.39, 0.29) is 4.99 Å². The Morgan fingerprint density at radius 1 is 1.10 bits per heavy atom. The van der Waals surface area contributed by atoms with Crippen LogP contribution < -0.4 is 10.5 Å². The number of rotatable bonds is 3. The van der Waals surface area contributed by atoms with Gasteiger partial charge in [-0.3, -0.25) is 0 Å². The number of benzene rings is 2. The van der Waals surface area contributed by atoms with E-state index < -0.39 is 0 Å².